The van der Waals surface area contributed by atoms with Gasteiger partial charge < -0.3 is 27.0 Å². The Balaban J connectivity index is 1.49. The summed E-state index contributed by atoms with van der Waals surface area (Å²) in [4.78, 5) is 39.3. The first kappa shape index (κ1) is 21.7. The van der Waals surface area contributed by atoms with E-state index in [4.69, 9.17) is 11.5 Å². The predicted molar refractivity (Wildman–Crippen MR) is 124 cm³/mol. The molecule has 1 saturated heterocycles. The lowest BCUT2D eigenvalue weighted by atomic mass is 9.86. The fraction of sp³-hybridized carbons (Fsp3) is 0.286. The van der Waals surface area contributed by atoms with Crippen LogP contribution in [0, 0.1) is 0 Å². The van der Waals surface area contributed by atoms with Crippen molar-refractivity contribution in [1.82, 2.24) is 20.3 Å². The number of hydrogen-bond acceptors (Lipinski definition) is 9. The number of hydrogen-bond donors (Lipinski definition) is 4. The maximum absolute atomic E-state index is 12.9. The van der Waals surface area contributed by atoms with Crippen molar-refractivity contribution >= 4 is 40.5 Å². The summed E-state index contributed by atoms with van der Waals surface area (Å²) in [7, 11) is 1.76. The zero-order valence-corrected chi connectivity index (χ0v) is 18.4. The molecule has 0 saturated carbocycles. The zero-order valence-electron chi connectivity index (χ0n) is 17.5. The summed E-state index contributed by atoms with van der Waals surface area (Å²) in [5.74, 6) is -0.470. The van der Waals surface area contributed by atoms with Crippen molar-refractivity contribution < 1.29 is 9.59 Å². The third kappa shape index (κ3) is 4.25. The number of primary amides is 1. The molecule has 0 aliphatic carbocycles. The standard InChI is InChI=1S/C21H24N8O2S/c1-24-21(19(22)31)6-8-29(9-7-21)16-5-3-2-4-14(16)27-17(30)15-12-32-18(28-15)13-10-25-20(23)26-11-13/h2-5,10-12,24H,6-9H2,1H3,(H2,22,31)(H,27,30)(H2,23,25,26). The molecule has 2 amide bonds. The lowest BCUT2D eigenvalue weighted by Crippen LogP contribution is -2.59. The summed E-state index contributed by atoms with van der Waals surface area (Å²) in [6.45, 7) is 1.27. The number of thiazole rings is 1. The van der Waals surface area contributed by atoms with Gasteiger partial charge in [0.25, 0.3) is 5.91 Å². The highest BCUT2D eigenvalue weighted by atomic mass is 32.1. The number of aromatic nitrogens is 3. The first-order chi connectivity index (χ1) is 15.4. The fourth-order valence-corrected chi connectivity index (χ4v) is 4.53. The van der Waals surface area contributed by atoms with Crippen LogP contribution in [-0.4, -0.2) is 52.4 Å². The molecule has 0 spiro atoms. The van der Waals surface area contributed by atoms with Gasteiger partial charge in [-0.05, 0) is 32.0 Å². The Labute approximate surface area is 189 Å². The van der Waals surface area contributed by atoms with Crippen molar-refractivity contribution in [3.63, 3.8) is 0 Å². The van der Waals surface area contributed by atoms with Gasteiger partial charge in [0.15, 0.2) is 0 Å². The van der Waals surface area contributed by atoms with Gasteiger partial charge in [0.05, 0.1) is 11.4 Å². The molecule has 3 aromatic rings. The lowest BCUT2D eigenvalue weighted by molar-refractivity contribution is -0.125. The number of anilines is 3. The maximum atomic E-state index is 12.9. The summed E-state index contributed by atoms with van der Waals surface area (Å²) in [5.41, 5.74) is 13.0. The Bertz CT molecular complexity index is 1120. The summed E-state index contributed by atoms with van der Waals surface area (Å²) in [6, 6.07) is 7.58. The molecule has 11 heteroatoms. The van der Waals surface area contributed by atoms with Crippen LogP contribution in [-0.2, 0) is 4.79 Å². The molecule has 0 radical (unpaired) electrons. The van der Waals surface area contributed by atoms with Crippen molar-refractivity contribution in [2.45, 2.75) is 18.4 Å². The molecule has 1 aliphatic rings. The van der Waals surface area contributed by atoms with E-state index in [-0.39, 0.29) is 17.8 Å². The van der Waals surface area contributed by atoms with Gasteiger partial charge in [-0.25, -0.2) is 15.0 Å². The minimum absolute atomic E-state index is 0.181. The highest BCUT2D eigenvalue weighted by Gasteiger charge is 2.38. The van der Waals surface area contributed by atoms with Gasteiger partial charge in [-0.3, -0.25) is 9.59 Å². The van der Waals surface area contributed by atoms with Gasteiger partial charge >= 0.3 is 0 Å². The van der Waals surface area contributed by atoms with Crippen LogP contribution >= 0.6 is 11.3 Å². The molecule has 10 nitrogen and oxygen atoms in total. The first-order valence-electron chi connectivity index (χ1n) is 10.1. The van der Waals surface area contributed by atoms with Crippen LogP contribution in [0.1, 0.15) is 23.3 Å². The van der Waals surface area contributed by atoms with E-state index in [1.54, 1.807) is 24.8 Å². The van der Waals surface area contributed by atoms with Crippen LogP contribution < -0.4 is 27.0 Å². The second kappa shape index (κ2) is 8.89. The van der Waals surface area contributed by atoms with E-state index < -0.39 is 5.54 Å². The van der Waals surface area contributed by atoms with Gasteiger partial charge in [0.2, 0.25) is 11.9 Å². The Kier molecular flexibility index (Phi) is 6.01. The topological polar surface area (TPSA) is 152 Å². The average Bonchev–Trinajstić information content (AvgIpc) is 3.30. The van der Waals surface area contributed by atoms with Crippen LogP contribution in [0.4, 0.5) is 17.3 Å². The Morgan fingerprint density at radius 1 is 1.16 bits per heavy atom. The van der Waals surface area contributed by atoms with Crippen molar-refractivity contribution in [2.24, 2.45) is 5.73 Å². The zero-order chi connectivity index (χ0) is 22.7. The molecule has 6 N–H and O–H groups in total. The highest BCUT2D eigenvalue weighted by Crippen LogP contribution is 2.32. The molecule has 1 aliphatic heterocycles. The van der Waals surface area contributed by atoms with Gasteiger partial charge in [-0.15, -0.1) is 11.3 Å². The number of nitrogen functional groups attached to an aromatic ring is 1. The summed E-state index contributed by atoms with van der Waals surface area (Å²) >= 11 is 1.33. The van der Waals surface area contributed by atoms with Gasteiger partial charge in [-0.1, -0.05) is 12.1 Å². The lowest BCUT2D eigenvalue weighted by Gasteiger charge is -2.41. The number of amides is 2. The number of rotatable bonds is 6. The molecule has 0 unspecified atom stereocenters. The van der Waals surface area contributed by atoms with E-state index in [2.05, 4.69) is 30.5 Å². The number of nitrogens with zero attached hydrogens (tertiary/aromatic N) is 4. The quantitative estimate of drug-likeness (QED) is 0.439. The number of carbonyl (C=O) groups excluding carboxylic acids is 2. The largest absolute Gasteiger partial charge is 0.370 e. The van der Waals surface area contributed by atoms with Crippen molar-refractivity contribution in [3.05, 3.63) is 47.7 Å². The van der Waals surface area contributed by atoms with E-state index in [1.165, 1.54) is 11.3 Å². The molecule has 1 fully saturated rings. The Hall–Kier alpha value is -3.57. The number of nitrogens with two attached hydrogens (primary N) is 2. The second-order valence-electron chi connectivity index (χ2n) is 7.52. The van der Waals surface area contributed by atoms with Crippen molar-refractivity contribution in [2.75, 3.05) is 36.1 Å². The van der Waals surface area contributed by atoms with Crippen molar-refractivity contribution in [1.29, 1.82) is 0 Å². The number of para-hydroxylation sites is 2. The molecule has 1 aromatic carbocycles. The van der Waals surface area contributed by atoms with Crippen molar-refractivity contribution in [3.8, 4) is 10.6 Å². The minimum Gasteiger partial charge on any atom is -0.370 e. The molecule has 3 heterocycles. The molecule has 2 aromatic heterocycles. The van der Waals surface area contributed by atoms with Crippen LogP contribution in [0.3, 0.4) is 0 Å². The summed E-state index contributed by atoms with van der Waals surface area (Å²) < 4.78 is 0. The molecule has 0 atom stereocenters. The van der Waals surface area contributed by atoms with E-state index >= 15 is 0 Å². The molecule has 166 valence electrons. The molecular formula is C21H24N8O2S. The molecular weight excluding hydrogens is 428 g/mol. The Morgan fingerprint density at radius 2 is 1.84 bits per heavy atom. The van der Waals surface area contributed by atoms with Gasteiger partial charge in [0, 0.05) is 36.4 Å². The van der Waals surface area contributed by atoms with E-state index in [0.717, 1.165) is 5.69 Å². The SMILES string of the molecule is CNC1(C(N)=O)CCN(c2ccccc2NC(=O)c2csc(-c3cnc(N)nc3)n2)CC1. The van der Waals surface area contributed by atoms with Gasteiger partial charge in [0.1, 0.15) is 16.2 Å². The Morgan fingerprint density at radius 3 is 2.50 bits per heavy atom. The van der Waals surface area contributed by atoms with E-state index in [0.29, 0.717) is 47.9 Å². The summed E-state index contributed by atoms with van der Waals surface area (Å²) in [6.07, 6.45) is 4.32. The van der Waals surface area contributed by atoms with E-state index in [1.807, 2.05) is 24.3 Å². The molecule has 4 rings (SSSR count). The number of benzene rings is 1. The van der Waals surface area contributed by atoms with Crippen LogP contribution in [0.5, 0.6) is 0 Å². The number of piperidine rings is 1. The molecule has 0 bridgehead atoms. The third-order valence-electron chi connectivity index (χ3n) is 5.72. The smallest absolute Gasteiger partial charge is 0.275 e. The normalized spacial score (nSPS) is 15.3. The summed E-state index contributed by atoms with van der Waals surface area (Å²) in [5, 5.41) is 8.37. The first-order valence-corrected chi connectivity index (χ1v) is 11.0. The number of likely N-dealkylation sites (N-methyl/N-ethyl adjacent to an activating group) is 1. The van der Waals surface area contributed by atoms with Crippen LogP contribution in [0.2, 0.25) is 0 Å². The molecule has 32 heavy (non-hydrogen) atoms. The van der Waals surface area contributed by atoms with Gasteiger partial charge in [-0.2, -0.15) is 0 Å². The van der Waals surface area contributed by atoms with Crippen LogP contribution in [0.25, 0.3) is 10.6 Å². The average molecular weight is 453 g/mol. The second-order valence-corrected chi connectivity index (χ2v) is 8.38. The van der Waals surface area contributed by atoms with E-state index in [9.17, 15) is 9.59 Å². The monoisotopic (exact) mass is 452 g/mol. The fourth-order valence-electron chi connectivity index (χ4n) is 3.75. The minimum atomic E-state index is -0.697. The van der Waals surface area contributed by atoms with Crippen LogP contribution in [0.15, 0.2) is 42.0 Å². The number of nitrogens with one attached hydrogen (secondary N) is 2. The predicted octanol–water partition coefficient (Wildman–Crippen LogP) is 1.48. The third-order valence-corrected chi connectivity index (χ3v) is 6.61. The maximum Gasteiger partial charge on any atom is 0.275 e. The number of carbonyl (C=O) groups is 2. The highest BCUT2D eigenvalue weighted by molar-refractivity contribution is 7.13.